The van der Waals surface area contributed by atoms with Crippen LogP contribution in [0.4, 0.5) is 16.0 Å². The Balaban J connectivity index is 1.74. The van der Waals surface area contributed by atoms with Crippen LogP contribution in [0, 0.1) is 5.82 Å². The summed E-state index contributed by atoms with van der Waals surface area (Å²) in [5, 5.41) is 4.51. The predicted octanol–water partition coefficient (Wildman–Crippen LogP) is 2.80. The molecule has 2 aromatic carbocycles. The van der Waals surface area contributed by atoms with Crippen molar-refractivity contribution in [3.8, 4) is 5.75 Å². The number of hydrogen-bond donors (Lipinski definition) is 0. The lowest BCUT2D eigenvalue weighted by Gasteiger charge is -2.18. The van der Waals surface area contributed by atoms with Gasteiger partial charge < -0.3 is 9.64 Å². The molecular formula is C20H18ClFN4O3. The number of aromatic nitrogens is 3. The fraction of sp³-hybridized carbons (Fsp3) is 0.250. The molecule has 7 nitrogen and oxygen atoms in total. The van der Waals surface area contributed by atoms with Crippen LogP contribution in [0.2, 0.25) is 5.02 Å². The summed E-state index contributed by atoms with van der Waals surface area (Å²) >= 11 is 6.07. The van der Waals surface area contributed by atoms with Gasteiger partial charge in [0.25, 0.3) is 0 Å². The first kappa shape index (κ1) is 19.2. The monoisotopic (exact) mass is 416 g/mol. The van der Waals surface area contributed by atoms with E-state index in [1.165, 1.54) is 22.8 Å². The van der Waals surface area contributed by atoms with E-state index in [4.69, 9.17) is 16.3 Å². The SMILES string of the molecule is CCOc1ccc(N2CCn3c2nn(Cc2c(F)cccc2Cl)c(=O)c3=O)cc1. The van der Waals surface area contributed by atoms with Crippen molar-refractivity contribution in [2.75, 3.05) is 18.1 Å². The summed E-state index contributed by atoms with van der Waals surface area (Å²) in [5.74, 6) is 0.501. The Bertz CT molecular complexity index is 1150. The number of fused-ring (bicyclic) bond motifs is 1. The van der Waals surface area contributed by atoms with Gasteiger partial charge in [0.15, 0.2) is 0 Å². The molecule has 150 valence electrons. The molecule has 1 aliphatic rings. The topological polar surface area (TPSA) is 69.4 Å². The Labute approximate surface area is 170 Å². The van der Waals surface area contributed by atoms with Crippen LogP contribution in [0.1, 0.15) is 12.5 Å². The minimum Gasteiger partial charge on any atom is -0.494 e. The Hall–Kier alpha value is -3.13. The van der Waals surface area contributed by atoms with Gasteiger partial charge in [0.1, 0.15) is 11.6 Å². The molecule has 2 heterocycles. The number of rotatable bonds is 5. The number of anilines is 2. The molecule has 9 heteroatoms. The maximum atomic E-state index is 14.2. The molecule has 0 saturated carbocycles. The second kappa shape index (κ2) is 7.71. The molecule has 0 unspecified atom stereocenters. The van der Waals surface area contributed by atoms with Gasteiger partial charge in [0.2, 0.25) is 5.95 Å². The van der Waals surface area contributed by atoms with Crippen molar-refractivity contribution in [3.63, 3.8) is 0 Å². The molecule has 4 rings (SSSR count). The first-order valence-electron chi connectivity index (χ1n) is 9.15. The summed E-state index contributed by atoms with van der Waals surface area (Å²) in [6, 6.07) is 11.6. The van der Waals surface area contributed by atoms with E-state index in [2.05, 4.69) is 5.10 Å². The van der Waals surface area contributed by atoms with Crippen molar-refractivity contribution in [2.24, 2.45) is 0 Å². The normalized spacial score (nSPS) is 12.9. The average molecular weight is 417 g/mol. The summed E-state index contributed by atoms with van der Waals surface area (Å²) in [6.45, 7) is 3.06. The lowest BCUT2D eigenvalue weighted by Crippen LogP contribution is -2.42. The molecular weight excluding hydrogens is 399 g/mol. The first-order valence-corrected chi connectivity index (χ1v) is 9.52. The second-order valence-corrected chi connectivity index (χ2v) is 6.91. The van der Waals surface area contributed by atoms with Crippen molar-refractivity contribution in [3.05, 3.63) is 79.6 Å². The fourth-order valence-electron chi connectivity index (χ4n) is 3.30. The van der Waals surface area contributed by atoms with Crippen molar-refractivity contribution in [2.45, 2.75) is 20.0 Å². The Morgan fingerprint density at radius 2 is 1.86 bits per heavy atom. The van der Waals surface area contributed by atoms with Crippen LogP contribution in [-0.2, 0) is 13.1 Å². The van der Waals surface area contributed by atoms with Gasteiger partial charge in [-0.2, -0.15) is 0 Å². The summed E-state index contributed by atoms with van der Waals surface area (Å²) in [6.07, 6.45) is 0. The number of hydrogen-bond acceptors (Lipinski definition) is 5. The number of ether oxygens (including phenoxy) is 1. The molecule has 0 aliphatic carbocycles. The van der Waals surface area contributed by atoms with Crippen LogP contribution in [-0.4, -0.2) is 27.5 Å². The Morgan fingerprint density at radius 1 is 1.10 bits per heavy atom. The van der Waals surface area contributed by atoms with Crippen molar-refractivity contribution in [1.29, 1.82) is 0 Å². The molecule has 0 fully saturated rings. The minimum absolute atomic E-state index is 0.110. The zero-order chi connectivity index (χ0) is 20.5. The third-order valence-corrected chi connectivity index (χ3v) is 5.09. The molecule has 1 aliphatic heterocycles. The summed E-state index contributed by atoms with van der Waals surface area (Å²) in [7, 11) is 0. The summed E-state index contributed by atoms with van der Waals surface area (Å²) < 4.78 is 21.9. The van der Waals surface area contributed by atoms with E-state index in [0.29, 0.717) is 25.6 Å². The molecule has 29 heavy (non-hydrogen) atoms. The van der Waals surface area contributed by atoms with E-state index < -0.39 is 16.9 Å². The van der Waals surface area contributed by atoms with E-state index >= 15 is 0 Å². The molecule has 0 saturated heterocycles. The smallest absolute Gasteiger partial charge is 0.333 e. The quantitative estimate of drug-likeness (QED) is 0.598. The van der Waals surface area contributed by atoms with E-state index in [9.17, 15) is 14.0 Å². The van der Waals surface area contributed by atoms with Gasteiger partial charge in [-0.05, 0) is 43.3 Å². The summed E-state index contributed by atoms with van der Waals surface area (Å²) in [4.78, 5) is 26.9. The zero-order valence-electron chi connectivity index (χ0n) is 15.6. The van der Waals surface area contributed by atoms with Gasteiger partial charge in [-0.3, -0.25) is 14.2 Å². The van der Waals surface area contributed by atoms with E-state index in [0.717, 1.165) is 16.1 Å². The van der Waals surface area contributed by atoms with Crippen LogP contribution in [0.25, 0.3) is 0 Å². The van der Waals surface area contributed by atoms with Gasteiger partial charge >= 0.3 is 11.1 Å². The molecule has 0 bridgehead atoms. The number of nitrogens with zero attached hydrogens (tertiary/aromatic N) is 4. The molecule has 0 amide bonds. The third-order valence-electron chi connectivity index (χ3n) is 4.73. The zero-order valence-corrected chi connectivity index (χ0v) is 16.4. The lowest BCUT2D eigenvalue weighted by molar-refractivity contribution is 0.340. The van der Waals surface area contributed by atoms with Crippen LogP contribution in [0.3, 0.4) is 0 Å². The largest absolute Gasteiger partial charge is 0.494 e. The second-order valence-electron chi connectivity index (χ2n) is 6.50. The molecule has 0 atom stereocenters. The maximum absolute atomic E-state index is 14.2. The van der Waals surface area contributed by atoms with E-state index in [1.54, 1.807) is 0 Å². The van der Waals surface area contributed by atoms with Gasteiger partial charge in [-0.1, -0.05) is 17.7 Å². The predicted molar refractivity (Wildman–Crippen MR) is 108 cm³/mol. The molecule has 0 spiro atoms. The fourth-order valence-corrected chi connectivity index (χ4v) is 3.52. The van der Waals surface area contributed by atoms with Crippen molar-refractivity contribution in [1.82, 2.24) is 14.3 Å². The van der Waals surface area contributed by atoms with Gasteiger partial charge in [-0.25, -0.2) is 9.07 Å². The molecule has 1 aromatic heterocycles. The number of halogens is 2. The van der Waals surface area contributed by atoms with Crippen LogP contribution >= 0.6 is 11.6 Å². The highest BCUT2D eigenvalue weighted by molar-refractivity contribution is 6.31. The average Bonchev–Trinajstić information content (AvgIpc) is 3.13. The van der Waals surface area contributed by atoms with E-state index in [1.807, 2.05) is 36.1 Å². The van der Waals surface area contributed by atoms with Crippen LogP contribution in [0.15, 0.2) is 52.1 Å². The lowest BCUT2D eigenvalue weighted by atomic mass is 10.2. The van der Waals surface area contributed by atoms with E-state index in [-0.39, 0.29) is 17.1 Å². The van der Waals surface area contributed by atoms with Gasteiger partial charge in [0, 0.05) is 29.4 Å². The van der Waals surface area contributed by atoms with Crippen molar-refractivity contribution >= 4 is 23.2 Å². The molecule has 0 radical (unpaired) electrons. The van der Waals surface area contributed by atoms with Crippen molar-refractivity contribution < 1.29 is 9.13 Å². The Kier molecular flexibility index (Phi) is 5.10. The van der Waals surface area contributed by atoms with Crippen LogP contribution in [0.5, 0.6) is 5.75 Å². The van der Waals surface area contributed by atoms with Gasteiger partial charge in [-0.15, -0.1) is 5.10 Å². The highest BCUT2D eigenvalue weighted by Crippen LogP contribution is 2.28. The summed E-state index contributed by atoms with van der Waals surface area (Å²) in [5.41, 5.74) is -0.600. The third kappa shape index (κ3) is 3.51. The number of benzene rings is 2. The van der Waals surface area contributed by atoms with Gasteiger partial charge in [0.05, 0.1) is 13.2 Å². The van der Waals surface area contributed by atoms with Crippen LogP contribution < -0.4 is 20.8 Å². The first-order chi connectivity index (χ1) is 14.0. The Morgan fingerprint density at radius 3 is 2.55 bits per heavy atom. The molecule has 3 aromatic rings. The molecule has 0 N–H and O–H groups in total. The highest BCUT2D eigenvalue weighted by Gasteiger charge is 2.26. The highest BCUT2D eigenvalue weighted by atomic mass is 35.5. The standard InChI is InChI=1S/C20H18ClFN4O3/c1-2-29-14-8-6-13(7-9-14)24-10-11-25-18(27)19(28)26(23-20(24)25)12-15-16(21)4-3-5-17(15)22/h3-9H,2,10-12H2,1H3. The minimum atomic E-state index is -0.818. The maximum Gasteiger partial charge on any atom is 0.333 e.